The number of carbonyl (C=O) groups excluding carboxylic acids is 1. The zero-order chi connectivity index (χ0) is 29.6. The summed E-state index contributed by atoms with van der Waals surface area (Å²) in [6, 6.07) is 15.1. The lowest BCUT2D eigenvalue weighted by Gasteiger charge is -2.28. The van der Waals surface area contributed by atoms with Gasteiger partial charge in [-0.2, -0.15) is 0 Å². The number of rotatable bonds is 12. The molecule has 4 rings (SSSR count). The van der Waals surface area contributed by atoms with Gasteiger partial charge in [-0.25, -0.2) is 9.78 Å². The molecule has 2 aromatic carbocycles. The lowest BCUT2D eigenvalue weighted by molar-refractivity contribution is -0.160. The molecule has 41 heavy (non-hydrogen) atoms. The van der Waals surface area contributed by atoms with Crippen molar-refractivity contribution in [2.75, 3.05) is 24.7 Å². The fourth-order valence-corrected chi connectivity index (χ4v) is 4.88. The Morgan fingerprint density at radius 3 is 2.39 bits per heavy atom. The average Bonchev–Trinajstić information content (AvgIpc) is 3.50. The molecule has 4 aromatic rings. The number of aromatic nitrogens is 3. The minimum atomic E-state index is -0.499. The summed E-state index contributed by atoms with van der Waals surface area (Å²) in [6.07, 6.45) is 6.67. The second-order valence-corrected chi connectivity index (χ2v) is 11.5. The Hall–Kier alpha value is -3.91. The molecular weight excluding hydrogens is 516 g/mol. The molecule has 0 saturated carbocycles. The molecule has 0 aliphatic carbocycles. The normalized spacial score (nSPS) is 11.6. The van der Waals surface area contributed by atoms with Crippen molar-refractivity contribution in [2.24, 2.45) is 0 Å². The Morgan fingerprint density at radius 2 is 1.76 bits per heavy atom. The molecule has 8 nitrogen and oxygen atoms in total. The summed E-state index contributed by atoms with van der Waals surface area (Å²) < 4.78 is 18.4. The first-order valence-corrected chi connectivity index (χ1v) is 14.2. The van der Waals surface area contributed by atoms with Crippen LogP contribution in [0, 0.1) is 27.7 Å². The largest absolute Gasteiger partial charge is 0.458 e. The highest BCUT2D eigenvalue weighted by molar-refractivity contribution is 5.76. The zero-order valence-corrected chi connectivity index (χ0v) is 25.4. The van der Waals surface area contributed by atoms with Crippen LogP contribution in [0.5, 0.6) is 0 Å². The van der Waals surface area contributed by atoms with Crippen LogP contribution in [0.25, 0.3) is 16.8 Å². The number of anilines is 2. The quantitative estimate of drug-likeness (QED) is 0.132. The number of ether oxygens (including phenoxy) is 2. The molecule has 8 heteroatoms. The van der Waals surface area contributed by atoms with E-state index >= 15 is 0 Å². The van der Waals surface area contributed by atoms with Crippen LogP contribution >= 0.6 is 0 Å². The van der Waals surface area contributed by atoms with Crippen molar-refractivity contribution in [1.82, 2.24) is 14.7 Å². The minimum Gasteiger partial charge on any atom is -0.458 e. The molecule has 0 N–H and O–H groups in total. The van der Waals surface area contributed by atoms with Crippen molar-refractivity contribution >= 4 is 17.3 Å². The highest BCUT2D eigenvalue weighted by Gasteiger charge is 2.18. The first kappa shape index (κ1) is 30.1. The fraction of sp³-hybridized carbons (Fsp3) is 0.424. The number of hydrogen-bond acceptors (Lipinski definition) is 7. The van der Waals surface area contributed by atoms with Gasteiger partial charge in [-0.15, -0.1) is 0 Å². The topological polar surface area (TPSA) is 82.6 Å². The third-order valence-electron chi connectivity index (χ3n) is 6.80. The van der Waals surface area contributed by atoms with E-state index < -0.39 is 5.60 Å². The van der Waals surface area contributed by atoms with Gasteiger partial charge in [0.15, 0.2) is 0 Å². The van der Waals surface area contributed by atoms with E-state index in [0.717, 1.165) is 71.1 Å². The Bertz CT molecular complexity index is 1430. The molecule has 0 aliphatic heterocycles. The third-order valence-corrected chi connectivity index (χ3v) is 6.80. The van der Waals surface area contributed by atoms with Crippen molar-refractivity contribution in [3.63, 3.8) is 0 Å². The standard InChI is InChI=1S/C33H42N4O4/c1-23-11-12-27(32-25(3)35-41-26(32)4)19-30(23)37(17-9-8-10-18-39-21-31(38)40-33(5,6)7)29-15-13-28(14-16-29)36-20-24(2)34-22-36/h11-16,19-20,22H,8-10,17-18,21H2,1-7H3. The highest BCUT2D eigenvalue weighted by Crippen LogP contribution is 2.35. The predicted molar refractivity (Wildman–Crippen MR) is 162 cm³/mol. The van der Waals surface area contributed by atoms with Gasteiger partial charge in [-0.05, 0) is 109 Å². The van der Waals surface area contributed by atoms with Gasteiger partial charge < -0.3 is 23.5 Å². The minimum absolute atomic E-state index is 0.0140. The number of aryl methyl sites for hydroxylation is 4. The molecule has 0 fully saturated rings. The van der Waals surface area contributed by atoms with Crippen molar-refractivity contribution < 1.29 is 18.8 Å². The smallest absolute Gasteiger partial charge is 0.332 e. The lowest BCUT2D eigenvalue weighted by Crippen LogP contribution is -2.26. The maximum Gasteiger partial charge on any atom is 0.332 e. The first-order valence-electron chi connectivity index (χ1n) is 14.2. The maximum absolute atomic E-state index is 11.9. The van der Waals surface area contributed by atoms with Gasteiger partial charge in [-0.1, -0.05) is 17.3 Å². The zero-order valence-electron chi connectivity index (χ0n) is 25.4. The SMILES string of the molecule is Cc1cn(-c2ccc(N(CCCCCOCC(=O)OC(C)(C)C)c3cc(-c4c(C)noc4C)ccc3C)cc2)cn1. The number of carbonyl (C=O) groups is 1. The molecule has 0 bridgehead atoms. The monoisotopic (exact) mass is 558 g/mol. The molecule has 0 unspecified atom stereocenters. The van der Waals surface area contributed by atoms with E-state index in [4.69, 9.17) is 14.0 Å². The molecule has 2 aromatic heterocycles. The molecule has 218 valence electrons. The summed E-state index contributed by atoms with van der Waals surface area (Å²) in [6.45, 7) is 15.0. The van der Waals surface area contributed by atoms with Crippen molar-refractivity contribution in [2.45, 2.75) is 73.3 Å². The third kappa shape index (κ3) is 8.07. The van der Waals surface area contributed by atoms with Crippen LogP contribution in [-0.4, -0.2) is 46.0 Å². The van der Waals surface area contributed by atoms with E-state index in [9.17, 15) is 4.79 Å². The Labute approximate surface area is 243 Å². The number of unbranched alkanes of at least 4 members (excludes halogenated alkanes) is 2. The fourth-order valence-electron chi connectivity index (χ4n) is 4.88. The van der Waals surface area contributed by atoms with Gasteiger partial charge in [-0.3, -0.25) is 0 Å². The number of hydrogen-bond donors (Lipinski definition) is 0. The van der Waals surface area contributed by atoms with Crippen LogP contribution in [-0.2, 0) is 14.3 Å². The van der Waals surface area contributed by atoms with E-state index in [1.54, 1.807) is 0 Å². The summed E-state index contributed by atoms with van der Waals surface area (Å²) in [5, 5.41) is 4.16. The number of benzene rings is 2. The second kappa shape index (κ2) is 13.2. The Balaban J connectivity index is 1.48. The molecule has 0 aliphatic rings. The van der Waals surface area contributed by atoms with Gasteiger partial charge in [0.25, 0.3) is 0 Å². The molecule has 2 heterocycles. The number of esters is 1. The molecular formula is C33H42N4O4. The van der Waals surface area contributed by atoms with Gasteiger partial charge in [0.2, 0.25) is 0 Å². The van der Waals surface area contributed by atoms with Crippen LogP contribution in [0.1, 0.15) is 62.7 Å². The summed E-state index contributed by atoms with van der Waals surface area (Å²) in [5.74, 6) is 0.488. The van der Waals surface area contributed by atoms with Crippen LogP contribution in [0.4, 0.5) is 11.4 Å². The summed E-state index contributed by atoms with van der Waals surface area (Å²) >= 11 is 0. The highest BCUT2D eigenvalue weighted by atomic mass is 16.6. The van der Waals surface area contributed by atoms with Crippen LogP contribution in [0.3, 0.4) is 0 Å². The molecule has 0 atom stereocenters. The second-order valence-electron chi connectivity index (χ2n) is 11.5. The van der Waals surface area contributed by atoms with Crippen molar-refractivity contribution in [3.05, 3.63) is 77.7 Å². The maximum atomic E-state index is 11.9. The van der Waals surface area contributed by atoms with Crippen LogP contribution in [0.2, 0.25) is 0 Å². The van der Waals surface area contributed by atoms with Gasteiger partial charge in [0, 0.05) is 42.0 Å². The molecule has 0 amide bonds. The van der Waals surface area contributed by atoms with E-state index in [-0.39, 0.29) is 12.6 Å². The first-order chi connectivity index (χ1) is 19.5. The predicted octanol–water partition coefficient (Wildman–Crippen LogP) is 7.43. The molecule has 0 radical (unpaired) electrons. The van der Waals surface area contributed by atoms with Gasteiger partial charge >= 0.3 is 5.97 Å². The lowest BCUT2D eigenvalue weighted by atomic mass is 10.0. The van der Waals surface area contributed by atoms with E-state index in [0.29, 0.717) is 6.61 Å². The van der Waals surface area contributed by atoms with Crippen LogP contribution < -0.4 is 4.90 Å². The van der Waals surface area contributed by atoms with E-state index in [1.807, 2.05) is 58.6 Å². The summed E-state index contributed by atoms with van der Waals surface area (Å²) in [4.78, 5) is 18.6. The van der Waals surface area contributed by atoms with Gasteiger partial charge in [0.1, 0.15) is 18.0 Å². The van der Waals surface area contributed by atoms with Crippen molar-refractivity contribution in [3.8, 4) is 16.8 Å². The summed E-state index contributed by atoms with van der Waals surface area (Å²) in [5.41, 5.74) is 8.02. The Kier molecular flexibility index (Phi) is 9.65. The van der Waals surface area contributed by atoms with E-state index in [2.05, 4.69) is 64.4 Å². The van der Waals surface area contributed by atoms with Crippen LogP contribution in [0.15, 0.2) is 59.5 Å². The molecule has 0 saturated heterocycles. The Morgan fingerprint density at radius 1 is 1.00 bits per heavy atom. The average molecular weight is 559 g/mol. The number of nitrogens with zero attached hydrogens (tertiary/aromatic N) is 4. The van der Waals surface area contributed by atoms with Gasteiger partial charge in [0.05, 0.1) is 17.7 Å². The summed E-state index contributed by atoms with van der Waals surface area (Å²) in [7, 11) is 0. The molecule has 0 spiro atoms. The van der Waals surface area contributed by atoms with Crippen molar-refractivity contribution in [1.29, 1.82) is 0 Å². The van der Waals surface area contributed by atoms with E-state index in [1.165, 1.54) is 5.56 Å². The number of imidazole rings is 1.